The maximum Gasteiger partial charge on any atom is 0.228 e. The van der Waals surface area contributed by atoms with Gasteiger partial charge in [-0.15, -0.1) is 0 Å². The predicted octanol–water partition coefficient (Wildman–Crippen LogP) is 3.60. The van der Waals surface area contributed by atoms with Crippen molar-refractivity contribution >= 4 is 28.9 Å². The summed E-state index contributed by atoms with van der Waals surface area (Å²) in [5.41, 5.74) is 2.57. The number of carbonyl (C=O) groups excluding carboxylic acids is 1. The molecule has 2 heterocycles. The molecule has 0 fully saturated rings. The van der Waals surface area contributed by atoms with E-state index in [0.29, 0.717) is 11.4 Å². The normalized spacial score (nSPS) is 14.9. The molecule has 0 radical (unpaired) electrons. The van der Waals surface area contributed by atoms with Crippen molar-refractivity contribution in [2.45, 2.75) is 19.4 Å². The van der Waals surface area contributed by atoms with Crippen molar-refractivity contribution in [2.75, 3.05) is 10.6 Å². The van der Waals surface area contributed by atoms with Gasteiger partial charge in [-0.1, -0.05) is 11.6 Å². The lowest BCUT2D eigenvalue weighted by molar-refractivity contribution is -0.115. The lowest BCUT2D eigenvalue weighted by Crippen LogP contribution is -2.06. The van der Waals surface area contributed by atoms with Crippen LogP contribution < -0.4 is 10.6 Å². The number of hydrogen-bond donors (Lipinski definition) is 2. The molecule has 4 nitrogen and oxygen atoms in total. The molecule has 98 valence electrons. The number of benzene rings is 1. The molecule has 1 atom stereocenters. The Labute approximate surface area is 115 Å². The molecule has 3 rings (SSSR count). The summed E-state index contributed by atoms with van der Waals surface area (Å²) < 4.78 is 5.35. The van der Waals surface area contributed by atoms with Gasteiger partial charge in [-0.25, -0.2) is 0 Å². The summed E-state index contributed by atoms with van der Waals surface area (Å²) >= 11 is 6.22. The van der Waals surface area contributed by atoms with Gasteiger partial charge in [-0.3, -0.25) is 4.79 Å². The molecule has 5 heteroatoms. The first-order chi connectivity index (χ1) is 9.13. The van der Waals surface area contributed by atoms with Crippen LogP contribution in [-0.2, 0) is 11.2 Å². The highest BCUT2D eigenvalue weighted by Gasteiger charge is 2.20. The predicted molar refractivity (Wildman–Crippen MR) is 74.5 cm³/mol. The third-order valence-electron chi connectivity index (χ3n) is 3.16. The van der Waals surface area contributed by atoms with Crippen LogP contribution in [0.1, 0.15) is 24.3 Å². The Morgan fingerprint density at radius 1 is 1.47 bits per heavy atom. The number of nitrogens with one attached hydrogen (secondary N) is 2. The maximum absolute atomic E-state index is 11.3. The second-order valence-electron chi connectivity index (χ2n) is 4.60. The first kappa shape index (κ1) is 12.1. The number of halogens is 1. The Morgan fingerprint density at radius 3 is 3.05 bits per heavy atom. The number of rotatable bonds is 3. The van der Waals surface area contributed by atoms with Crippen molar-refractivity contribution in [2.24, 2.45) is 0 Å². The van der Waals surface area contributed by atoms with E-state index in [9.17, 15) is 4.79 Å². The Hall–Kier alpha value is -1.94. The topological polar surface area (TPSA) is 54.3 Å². The lowest BCUT2D eigenvalue weighted by Gasteiger charge is -2.15. The molecule has 1 amide bonds. The first-order valence-corrected chi connectivity index (χ1v) is 6.43. The van der Waals surface area contributed by atoms with Crippen LogP contribution in [0.4, 0.5) is 11.4 Å². The van der Waals surface area contributed by atoms with Crippen molar-refractivity contribution in [3.05, 3.63) is 46.9 Å². The largest absolute Gasteiger partial charge is 0.467 e. The highest BCUT2D eigenvalue weighted by Crippen LogP contribution is 2.34. The Morgan fingerprint density at radius 2 is 2.32 bits per heavy atom. The summed E-state index contributed by atoms with van der Waals surface area (Å²) in [5, 5.41) is 6.65. The maximum atomic E-state index is 11.3. The van der Waals surface area contributed by atoms with Crippen molar-refractivity contribution in [3.8, 4) is 0 Å². The van der Waals surface area contributed by atoms with Gasteiger partial charge < -0.3 is 15.1 Å². The Balaban J connectivity index is 1.86. The molecule has 2 N–H and O–H groups in total. The Bertz CT molecular complexity index is 623. The molecule has 0 saturated carbocycles. The molecular weight excluding hydrogens is 264 g/mol. The summed E-state index contributed by atoms with van der Waals surface area (Å²) in [7, 11) is 0. The fourth-order valence-corrected chi connectivity index (χ4v) is 2.42. The van der Waals surface area contributed by atoms with Gasteiger partial charge in [0, 0.05) is 5.69 Å². The van der Waals surface area contributed by atoms with Crippen molar-refractivity contribution in [3.63, 3.8) is 0 Å². The molecule has 1 aliphatic rings. The van der Waals surface area contributed by atoms with E-state index in [2.05, 4.69) is 10.6 Å². The molecule has 19 heavy (non-hydrogen) atoms. The molecule has 0 saturated heterocycles. The van der Waals surface area contributed by atoms with E-state index in [1.165, 1.54) is 0 Å². The van der Waals surface area contributed by atoms with Crippen LogP contribution in [0, 0.1) is 0 Å². The smallest absolute Gasteiger partial charge is 0.228 e. The zero-order valence-corrected chi connectivity index (χ0v) is 11.1. The van der Waals surface area contributed by atoms with Crippen LogP contribution in [0.3, 0.4) is 0 Å². The van der Waals surface area contributed by atoms with Crippen LogP contribution in [0.25, 0.3) is 0 Å². The minimum Gasteiger partial charge on any atom is -0.467 e. The first-order valence-electron chi connectivity index (χ1n) is 6.05. The zero-order chi connectivity index (χ0) is 13.4. The molecule has 1 aromatic carbocycles. The van der Waals surface area contributed by atoms with Gasteiger partial charge in [0.1, 0.15) is 5.76 Å². The highest BCUT2D eigenvalue weighted by atomic mass is 35.5. The van der Waals surface area contributed by atoms with Gasteiger partial charge in [-0.05, 0) is 36.8 Å². The monoisotopic (exact) mass is 276 g/mol. The lowest BCUT2D eigenvalue weighted by atomic mass is 10.1. The van der Waals surface area contributed by atoms with Crippen LogP contribution in [0.15, 0.2) is 34.9 Å². The minimum absolute atomic E-state index is 0.00213. The summed E-state index contributed by atoms with van der Waals surface area (Å²) in [4.78, 5) is 11.3. The van der Waals surface area contributed by atoms with Gasteiger partial charge in [0.05, 0.1) is 29.4 Å². The molecule has 0 bridgehead atoms. The number of anilines is 2. The van der Waals surface area contributed by atoms with E-state index >= 15 is 0 Å². The van der Waals surface area contributed by atoms with E-state index in [4.69, 9.17) is 16.0 Å². The summed E-state index contributed by atoms with van der Waals surface area (Å²) in [5.74, 6) is 0.841. The average Bonchev–Trinajstić information content (AvgIpc) is 2.97. The zero-order valence-electron chi connectivity index (χ0n) is 10.4. The standard InChI is InChI=1S/C14H13ClN2O2/c1-8(13-3-2-4-19-13)16-12-5-9-6-14(18)17-11(9)7-10(12)15/h2-5,7-8,16H,6H2,1H3,(H,17,18). The molecule has 1 unspecified atom stereocenters. The van der Waals surface area contributed by atoms with E-state index in [-0.39, 0.29) is 11.9 Å². The average molecular weight is 277 g/mol. The number of carbonyl (C=O) groups is 1. The number of furan rings is 1. The third-order valence-corrected chi connectivity index (χ3v) is 3.47. The number of amides is 1. The van der Waals surface area contributed by atoms with Crippen molar-refractivity contribution in [1.29, 1.82) is 0 Å². The van der Waals surface area contributed by atoms with Crippen LogP contribution in [0.2, 0.25) is 5.02 Å². The quantitative estimate of drug-likeness (QED) is 0.900. The Kier molecular flexibility index (Phi) is 2.95. The van der Waals surface area contributed by atoms with Gasteiger partial charge in [0.2, 0.25) is 5.91 Å². The fraction of sp³-hybridized carbons (Fsp3) is 0.214. The molecule has 2 aromatic rings. The molecule has 1 aliphatic heterocycles. The summed E-state index contributed by atoms with van der Waals surface area (Å²) in [6, 6.07) is 7.45. The number of hydrogen-bond acceptors (Lipinski definition) is 3. The van der Waals surface area contributed by atoms with Crippen molar-refractivity contribution in [1.82, 2.24) is 0 Å². The second-order valence-corrected chi connectivity index (χ2v) is 5.00. The minimum atomic E-state index is 0.00213. The fourth-order valence-electron chi connectivity index (χ4n) is 2.20. The number of fused-ring (bicyclic) bond motifs is 1. The van der Waals surface area contributed by atoms with Gasteiger partial charge >= 0.3 is 0 Å². The van der Waals surface area contributed by atoms with Gasteiger partial charge in [-0.2, -0.15) is 0 Å². The molecule has 0 aliphatic carbocycles. The summed E-state index contributed by atoms with van der Waals surface area (Å²) in [6.45, 7) is 1.99. The van der Waals surface area contributed by atoms with E-state index < -0.39 is 0 Å². The van der Waals surface area contributed by atoms with Gasteiger partial charge in [0.15, 0.2) is 0 Å². The second kappa shape index (κ2) is 4.63. The SMILES string of the molecule is CC(Nc1cc2c(cc1Cl)NC(=O)C2)c1ccco1. The van der Waals surface area contributed by atoms with Crippen LogP contribution in [-0.4, -0.2) is 5.91 Å². The van der Waals surface area contributed by atoms with E-state index in [1.807, 2.05) is 25.1 Å². The van der Waals surface area contributed by atoms with E-state index in [1.54, 1.807) is 12.3 Å². The van der Waals surface area contributed by atoms with Crippen LogP contribution >= 0.6 is 11.6 Å². The molecule has 0 spiro atoms. The highest BCUT2D eigenvalue weighted by molar-refractivity contribution is 6.33. The molecule has 1 aromatic heterocycles. The van der Waals surface area contributed by atoms with Crippen molar-refractivity contribution < 1.29 is 9.21 Å². The van der Waals surface area contributed by atoms with E-state index in [0.717, 1.165) is 22.7 Å². The van der Waals surface area contributed by atoms with Crippen LogP contribution in [0.5, 0.6) is 0 Å². The van der Waals surface area contributed by atoms with Gasteiger partial charge in [0.25, 0.3) is 0 Å². The summed E-state index contributed by atoms with van der Waals surface area (Å²) in [6.07, 6.45) is 2.04. The molecular formula is C14H13ClN2O2. The third kappa shape index (κ3) is 2.31.